The predicted molar refractivity (Wildman–Crippen MR) is 111 cm³/mol. The van der Waals surface area contributed by atoms with Gasteiger partial charge in [-0.3, -0.25) is 4.79 Å². The van der Waals surface area contributed by atoms with E-state index in [4.69, 9.17) is 0 Å². The summed E-state index contributed by atoms with van der Waals surface area (Å²) in [6.07, 6.45) is 2.54. The lowest BCUT2D eigenvalue weighted by Crippen LogP contribution is -2.14. The molecule has 0 radical (unpaired) electrons. The molecule has 2 heterocycles. The van der Waals surface area contributed by atoms with E-state index in [0.717, 1.165) is 27.6 Å². The number of thioether (sulfide) groups is 1. The van der Waals surface area contributed by atoms with Crippen LogP contribution in [-0.2, 0) is 17.8 Å². The molecule has 2 aromatic heterocycles. The SMILES string of the molecule is C=CCn1c(Cc2cccs2)nnc1SCC(=O)Nc1cccc(Br)c1. The van der Waals surface area contributed by atoms with Crippen molar-refractivity contribution in [3.05, 3.63) is 69.6 Å². The van der Waals surface area contributed by atoms with Crippen molar-refractivity contribution in [2.75, 3.05) is 11.1 Å². The van der Waals surface area contributed by atoms with Crippen molar-refractivity contribution in [3.8, 4) is 0 Å². The van der Waals surface area contributed by atoms with Gasteiger partial charge in [0.15, 0.2) is 5.16 Å². The molecular formula is C18H17BrN4OS2. The molecule has 0 spiro atoms. The molecule has 1 aromatic carbocycles. The monoisotopic (exact) mass is 448 g/mol. The molecule has 134 valence electrons. The molecule has 5 nitrogen and oxygen atoms in total. The van der Waals surface area contributed by atoms with Crippen LogP contribution in [-0.4, -0.2) is 26.4 Å². The second-order valence-corrected chi connectivity index (χ2v) is 8.29. The second kappa shape index (κ2) is 9.16. The molecule has 0 atom stereocenters. The smallest absolute Gasteiger partial charge is 0.234 e. The van der Waals surface area contributed by atoms with Gasteiger partial charge in [-0.1, -0.05) is 45.9 Å². The zero-order valence-electron chi connectivity index (χ0n) is 13.9. The Morgan fingerprint density at radius 1 is 1.35 bits per heavy atom. The summed E-state index contributed by atoms with van der Waals surface area (Å²) in [7, 11) is 0. The molecule has 0 aliphatic carbocycles. The summed E-state index contributed by atoms with van der Waals surface area (Å²) in [5, 5.41) is 14.2. The average Bonchev–Trinajstić information content (AvgIpc) is 3.25. The number of thiophene rings is 1. The zero-order chi connectivity index (χ0) is 18.4. The number of rotatable bonds is 8. The lowest BCUT2D eigenvalue weighted by molar-refractivity contribution is -0.113. The van der Waals surface area contributed by atoms with Gasteiger partial charge in [0.05, 0.1) is 5.75 Å². The lowest BCUT2D eigenvalue weighted by Gasteiger charge is -2.08. The Kier molecular flexibility index (Phi) is 6.65. The third kappa shape index (κ3) is 5.06. The Bertz CT molecular complexity index is 892. The molecule has 1 N–H and O–H groups in total. The van der Waals surface area contributed by atoms with Crippen LogP contribution in [0, 0.1) is 0 Å². The maximum Gasteiger partial charge on any atom is 0.234 e. The summed E-state index contributed by atoms with van der Waals surface area (Å²) in [5.74, 6) is 1.06. The molecule has 8 heteroatoms. The van der Waals surface area contributed by atoms with Crippen LogP contribution >= 0.6 is 39.0 Å². The Balaban J connectivity index is 1.64. The minimum Gasteiger partial charge on any atom is -0.325 e. The van der Waals surface area contributed by atoms with Gasteiger partial charge in [0.1, 0.15) is 5.82 Å². The molecule has 0 fully saturated rings. The van der Waals surface area contributed by atoms with Crippen LogP contribution in [0.2, 0.25) is 0 Å². The number of halogens is 1. The Hall–Kier alpha value is -1.90. The first-order valence-electron chi connectivity index (χ1n) is 7.89. The number of hydrogen-bond acceptors (Lipinski definition) is 5. The number of amides is 1. The molecule has 0 saturated heterocycles. The second-order valence-electron chi connectivity index (χ2n) is 5.40. The van der Waals surface area contributed by atoms with E-state index < -0.39 is 0 Å². The highest BCUT2D eigenvalue weighted by Crippen LogP contribution is 2.21. The van der Waals surface area contributed by atoms with Gasteiger partial charge in [0.25, 0.3) is 0 Å². The molecular weight excluding hydrogens is 432 g/mol. The lowest BCUT2D eigenvalue weighted by atomic mass is 10.3. The Labute approximate surface area is 168 Å². The quantitative estimate of drug-likeness (QED) is 0.403. The van der Waals surface area contributed by atoms with Crippen LogP contribution in [0.3, 0.4) is 0 Å². The third-order valence-corrected chi connectivity index (χ3v) is 5.79. The first-order chi connectivity index (χ1) is 12.7. The normalized spacial score (nSPS) is 10.7. The van der Waals surface area contributed by atoms with Crippen molar-refractivity contribution < 1.29 is 4.79 Å². The van der Waals surface area contributed by atoms with E-state index in [2.05, 4.69) is 44.1 Å². The van der Waals surface area contributed by atoms with Crippen LogP contribution in [0.15, 0.2) is 64.1 Å². The van der Waals surface area contributed by atoms with Crippen molar-refractivity contribution in [2.45, 2.75) is 18.1 Å². The fourth-order valence-corrected chi connectivity index (χ4v) is 4.20. The van der Waals surface area contributed by atoms with Gasteiger partial charge >= 0.3 is 0 Å². The number of nitrogens with zero attached hydrogens (tertiary/aromatic N) is 3. The zero-order valence-corrected chi connectivity index (χ0v) is 17.1. The minimum absolute atomic E-state index is 0.0824. The molecule has 26 heavy (non-hydrogen) atoms. The summed E-state index contributed by atoms with van der Waals surface area (Å²) in [4.78, 5) is 13.4. The third-order valence-electron chi connectivity index (χ3n) is 3.46. The highest BCUT2D eigenvalue weighted by molar-refractivity contribution is 9.10. The van der Waals surface area contributed by atoms with Crippen molar-refractivity contribution >= 4 is 50.6 Å². The van der Waals surface area contributed by atoms with Crippen LogP contribution < -0.4 is 5.32 Å². The van der Waals surface area contributed by atoms with Gasteiger partial charge in [0, 0.05) is 28.0 Å². The summed E-state index contributed by atoms with van der Waals surface area (Å²) in [6.45, 7) is 4.42. The van der Waals surface area contributed by atoms with E-state index in [1.54, 1.807) is 11.3 Å². The van der Waals surface area contributed by atoms with E-state index in [-0.39, 0.29) is 11.7 Å². The molecule has 1 amide bonds. The van der Waals surface area contributed by atoms with Gasteiger partial charge in [0.2, 0.25) is 5.91 Å². The maximum absolute atomic E-state index is 12.2. The molecule has 3 aromatic rings. The van der Waals surface area contributed by atoms with Gasteiger partial charge in [-0.2, -0.15) is 0 Å². The summed E-state index contributed by atoms with van der Waals surface area (Å²) < 4.78 is 2.93. The molecule has 3 rings (SSSR count). The van der Waals surface area contributed by atoms with Crippen LogP contribution in [0.4, 0.5) is 5.69 Å². The standard InChI is InChI=1S/C18H17BrN4OS2/c1-2-8-23-16(11-15-7-4-9-25-15)21-22-18(23)26-12-17(24)20-14-6-3-5-13(19)10-14/h2-7,9-10H,1,8,11-12H2,(H,20,24). The molecule has 0 saturated carbocycles. The van der Waals surface area contributed by atoms with Crippen molar-refractivity contribution in [1.29, 1.82) is 0 Å². The maximum atomic E-state index is 12.2. The summed E-state index contributed by atoms with van der Waals surface area (Å²) in [6, 6.07) is 11.6. The highest BCUT2D eigenvalue weighted by atomic mass is 79.9. The topological polar surface area (TPSA) is 59.8 Å². The van der Waals surface area contributed by atoms with Gasteiger partial charge < -0.3 is 9.88 Å². The average molecular weight is 449 g/mol. The van der Waals surface area contributed by atoms with E-state index in [0.29, 0.717) is 6.54 Å². The van der Waals surface area contributed by atoms with E-state index in [9.17, 15) is 4.79 Å². The fraction of sp³-hybridized carbons (Fsp3) is 0.167. The summed E-state index contributed by atoms with van der Waals surface area (Å²) >= 11 is 6.46. The van der Waals surface area contributed by atoms with Crippen LogP contribution in [0.5, 0.6) is 0 Å². The molecule has 0 unspecified atom stereocenters. The summed E-state index contributed by atoms with van der Waals surface area (Å²) in [5.41, 5.74) is 0.760. The number of aromatic nitrogens is 3. The van der Waals surface area contributed by atoms with Gasteiger partial charge in [-0.15, -0.1) is 28.1 Å². The van der Waals surface area contributed by atoms with E-state index in [1.165, 1.54) is 16.6 Å². The molecule has 0 bridgehead atoms. The number of carbonyl (C=O) groups is 1. The molecule has 0 aliphatic heterocycles. The van der Waals surface area contributed by atoms with E-state index in [1.807, 2.05) is 46.4 Å². The van der Waals surface area contributed by atoms with E-state index >= 15 is 0 Å². The number of carbonyl (C=O) groups excluding carboxylic acids is 1. The predicted octanol–water partition coefficient (Wildman–Crippen LogP) is 4.61. The van der Waals surface area contributed by atoms with Gasteiger partial charge in [-0.05, 0) is 29.6 Å². The van der Waals surface area contributed by atoms with Crippen LogP contribution in [0.1, 0.15) is 10.7 Å². The van der Waals surface area contributed by atoms with Crippen molar-refractivity contribution in [2.24, 2.45) is 0 Å². The Morgan fingerprint density at radius 3 is 2.96 bits per heavy atom. The van der Waals surface area contributed by atoms with Gasteiger partial charge in [-0.25, -0.2) is 0 Å². The number of benzene rings is 1. The number of nitrogens with one attached hydrogen (secondary N) is 1. The first-order valence-corrected chi connectivity index (χ1v) is 10.5. The largest absolute Gasteiger partial charge is 0.325 e. The first kappa shape index (κ1) is 18.9. The Morgan fingerprint density at radius 2 is 2.23 bits per heavy atom. The number of allylic oxidation sites excluding steroid dienone is 1. The number of hydrogen-bond donors (Lipinski definition) is 1. The minimum atomic E-state index is -0.0824. The fourth-order valence-electron chi connectivity index (χ4n) is 2.33. The molecule has 0 aliphatic rings. The van der Waals surface area contributed by atoms with Crippen molar-refractivity contribution in [3.63, 3.8) is 0 Å². The number of anilines is 1. The van der Waals surface area contributed by atoms with Crippen LogP contribution in [0.25, 0.3) is 0 Å². The highest BCUT2D eigenvalue weighted by Gasteiger charge is 2.14. The van der Waals surface area contributed by atoms with Crippen molar-refractivity contribution in [1.82, 2.24) is 14.8 Å².